The van der Waals surface area contributed by atoms with Gasteiger partial charge in [0.05, 0.1) is 17.9 Å². The van der Waals surface area contributed by atoms with Crippen molar-refractivity contribution in [3.8, 4) is 0 Å². The van der Waals surface area contributed by atoms with Gasteiger partial charge in [-0.2, -0.15) is 0 Å². The molecule has 0 unspecified atom stereocenters. The van der Waals surface area contributed by atoms with Gasteiger partial charge in [-0.15, -0.1) is 0 Å². The highest BCUT2D eigenvalue weighted by atomic mass is 16.2. The van der Waals surface area contributed by atoms with Gasteiger partial charge in [-0.05, 0) is 25.0 Å². The van der Waals surface area contributed by atoms with Crippen LogP contribution < -0.4 is 16.4 Å². The predicted octanol–water partition coefficient (Wildman–Crippen LogP) is 1.43. The van der Waals surface area contributed by atoms with Crippen molar-refractivity contribution < 1.29 is 19.2 Å². The quantitative estimate of drug-likeness (QED) is 0.617. The minimum atomic E-state index is -1.36. The van der Waals surface area contributed by atoms with Crippen molar-refractivity contribution in [2.45, 2.75) is 37.4 Å². The van der Waals surface area contributed by atoms with Gasteiger partial charge < -0.3 is 11.1 Å². The van der Waals surface area contributed by atoms with E-state index in [9.17, 15) is 19.2 Å². The second-order valence-electron chi connectivity index (χ2n) is 8.70. The number of para-hydroxylation sites is 1. The first-order chi connectivity index (χ1) is 15.4. The minimum absolute atomic E-state index is 0.0515. The molecule has 1 spiro atoms. The number of rotatable bonds is 5. The van der Waals surface area contributed by atoms with E-state index in [4.69, 9.17) is 5.73 Å². The van der Waals surface area contributed by atoms with Crippen molar-refractivity contribution in [1.82, 2.24) is 10.2 Å². The normalized spacial score (nSPS) is 29.2. The number of primary amides is 1. The molecule has 0 saturated carbocycles. The first kappa shape index (κ1) is 20.4. The fraction of sp³-hybridized carbons (Fsp3) is 0.333. The lowest BCUT2D eigenvalue weighted by molar-refractivity contribution is -0.145. The van der Waals surface area contributed by atoms with Crippen LogP contribution in [0.15, 0.2) is 54.6 Å². The van der Waals surface area contributed by atoms with Crippen LogP contribution in [0.4, 0.5) is 5.69 Å². The number of carbonyl (C=O) groups excluding carboxylic acids is 4. The number of carbonyl (C=O) groups is 4. The van der Waals surface area contributed by atoms with Crippen LogP contribution in [0.25, 0.3) is 0 Å². The summed E-state index contributed by atoms with van der Waals surface area (Å²) in [6, 6.07) is 15.5. The highest BCUT2D eigenvalue weighted by Crippen LogP contribution is 2.54. The number of likely N-dealkylation sites (tertiary alicyclic amines) is 1. The summed E-state index contributed by atoms with van der Waals surface area (Å²) in [5, 5.41) is 6.17. The number of imide groups is 1. The molecular formula is C24H24N4O4. The molecule has 0 aromatic heterocycles. The topological polar surface area (TPSA) is 122 Å². The smallest absolute Gasteiger partial charge is 0.250 e. The van der Waals surface area contributed by atoms with Crippen molar-refractivity contribution in [1.29, 1.82) is 0 Å². The summed E-state index contributed by atoms with van der Waals surface area (Å²) in [6.45, 7) is 1.81. The molecule has 2 fully saturated rings. The Bertz CT molecular complexity index is 1130. The fourth-order valence-corrected chi connectivity index (χ4v) is 5.59. The van der Waals surface area contributed by atoms with E-state index >= 15 is 0 Å². The van der Waals surface area contributed by atoms with E-state index in [0.29, 0.717) is 11.3 Å². The predicted molar refractivity (Wildman–Crippen MR) is 116 cm³/mol. The second-order valence-corrected chi connectivity index (χ2v) is 8.70. The lowest BCUT2D eigenvalue weighted by Gasteiger charge is -2.31. The number of amides is 4. The zero-order valence-electron chi connectivity index (χ0n) is 17.6. The molecule has 164 valence electrons. The second kappa shape index (κ2) is 7.27. The van der Waals surface area contributed by atoms with Gasteiger partial charge >= 0.3 is 0 Å². The van der Waals surface area contributed by atoms with Gasteiger partial charge in [0.25, 0.3) is 0 Å². The Morgan fingerprint density at radius 3 is 2.47 bits per heavy atom. The van der Waals surface area contributed by atoms with Crippen molar-refractivity contribution in [3.05, 3.63) is 65.7 Å². The maximum absolute atomic E-state index is 13.8. The Morgan fingerprint density at radius 1 is 1.06 bits per heavy atom. The van der Waals surface area contributed by atoms with E-state index in [1.165, 1.54) is 4.90 Å². The highest BCUT2D eigenvalue weighted by molar-refractivity contribution is 6.15. The summed E-state index contributed by atoms with van der Waals surface area (Å²) in [5.41, 5.74) is 6.11. The van der Waals surface area contributed by atoms with Gasteiger partial charge in [-0.3, -0.25) is 29.4 Å². The van der Waals surface area contributed by atoms with Gasteiger partial charge in [0, 0.05) is 23.7 Å². The summed E-state index contributed by atoms with van der Waals surface area (Å²) in [6.07, 6.45) is 0.316. The molecule has 3 aliphatic heterocycles. The van der Waals surface area contributed by atoms with E-state index in [-0.39, 0.29) is 30.6 Å². The first-order valence-corrected chi connectivity index (χ1v) is 10.7. The van der Waals surface area contributed by atoms with Crippen LogP contribution in [0.3, 0.4) is 0 Å². The Balaban J connectivity index is 1.61. The SMILES string of the molecule is C[C@H](c1ccccc1)N1C(=O)[C@@H]2[C@H](CCC(N)=O)N[C@]3(C(=O)Nc4ccccc43)[C@H]2C1=O. The molecule has 4 amide bonds. The third-order valence-corrected chi connectivity index (χ3v) is 7.03. The average Bonchev–Trinajstić information content (AvgIpc) is 3.37. The van der Waals surface area contributed by atoms with Crippen LogP contribution >= 0.6 is 0 Å². The molecule has 8 heteroatoms. The summed E-state index contributed by atoms with van der Waals surface area (Å²) < 4.78 is 0. The van der Waals surface area contributed by atoms with Crippen molar-refractivity contribution >= 4 is 29.3 Å². The molecule has 2 aromatic rings. The molecule has 2 aromatic carbocycles. The molecule has 3 aliphatic rings. The van der Waals surface area contributed by atoms with Crippen LogP contribution in [0.5, 0.6) is 0 Å². The number of benzene rings is 2. The summed E-state index contributed by atoms with van der Waals surface area (Å²) >= 11 is 0. The molecule has 5 atom stereocenters. The van der Waals surface area contributed by atoms with E-state index in [1.54, 1.807) is 24.3 Å². The Kier molecular flexibility index (Phi) is 4.63. The van der Waals surface area contributed by atoms with Crippen LogP contribution in [0.1, 0.15) is 36.9 Å². The number of nitrogens with two attached hydrogens (primary N) is 1. The average molecular weight is 432 g/mol. The molecule has 4 N–H and O–H groups in total. The molecule has 0 aliphatic carbocycles. The molecule has 2 saturated heterocycles. The minimum Gasteiger partial charge on any atom is -0.370 e. The van der Waals surface area contributed by atoms with E-state index < -0.39 is 35.4 Å². The van der Waals surface area contributed by atoms with Gasteiger partial charge in [0.15, 0.2) is 0 Å². The van der Waals surface area contributed by atoms with Crippen LogP contribution in [-0.2, 0) is 24.7 Å². The lowest BCUT2D eigenvalue weighted by Crippen LogP contribution is -2.53. The third kappa shape index (κ3) is 2.72. The molecule has 3 heterocycles. The summed E-state index contributed by atoms with van der Waals surface area (Å²) in [4.78, 5) is 53.6. The van der Waals surface area contributed by atoms with Crippen molar-refractivity contribution in [2.75, 3.05) is 5.32 Å². The van der Waals surface area contributed by atoms with Gasteiger partial charge in [-0.1, -0.05) is 48.5 Å². The van der Waals surface area contributed by atoms with Crippen LogP contribution in [0.2, 0.25) is 0 Å². The number of hydrogen-bond donors (Lipinski definition) is 3. The van der Waals surface area contributed by atoms with Crippen molar-refractivity contribution in [2.24, 2.45) is 17.6 Å². The molecule has 32 heavy (non-hydrogen) atoms. The molecule has 8 nitrogen and oxygen atoms in total. The molecule has 0 bridgehead atoms. The maximum atomic E-state index is 13.8. The number of hydrogen-bond acceptors (Lipinski definition) is 5. The largest absolute Gasteiger partial charge is 0.370 e. The number of nitrogens with one attached hydrogen (secondary N) is 2. The monoisotopic (exact) mass is 432 g/mol. The Morgan fingerprint density at radius 2 is 1.75 bits per heavy atom. The number of fused-ring (bicyclic) bond motifs is 4. The number of nitrogens with zero attached hydrogens (tertiary/aromatic N) is 1. The maximum Gasteiger partial charge on any atom is 0.250 e. The van der Waals surface area contributed by atoms with Crippen LogP contribution in [-0.4, -0.2) is 34.6 Å². The zero-order valence-corrected chi connectivity index (χ0v) is 17.6. The zero-order chi connectivity index (χ0) is 22.6. The summed E-state index contributed by atoms with van der Waals surface area (Å²) in [5.74, 6) is -3.21. The third-order valence-electron chi connectivity index (χ3n) is 7.03. The van der Waals surface area contributed by atoms with E-state index in [0.717, 1.165) is 5.56 Å². The molecule has 5 rings (SSSR count). The first-order valence-electron chi connectivity index (χ1n) is 10.7. The van der Waals surface area contributed by atoms with Gasteiger partial charge in [0.2, 0.25) is 23.6 Å². The van der Waals surface area contributed by atoms with E-state index in [1.807, 2.05) is 37.3 Å². The van der Waals surface area contributed by atoms with Gasteiger partial charge in [0.1, 0.15) is 5.54 Å². The highest BCUT2D eigenvalue weighted by Gasteiger charge is 2.70. The van der Waals surface area contributed by atoms with Gasteiger partial charge in [-0.25, -0.2) is 0 Å². The van der Waals surface area contributed by atoms with Crippen LogP contribution in [0, 0.1) is 11.8 Å². The lowest BCUT2D eigenvalue weighted by atomic mass is 9.76. The molecule has 0 radical (unpaired) electrons. The van der Waals surface area contributed by atoms with Crippen molar-refractivity contribution in [3.63, 3.8) is 0 Å². The fourth-order valence-electron chi connectivity index (χ4n) is 5.59. The Hall–Kier alpha value is -3.52. The standard InChI is InChI=1S/C24H24N4O4/c1-13(14-7-3-2-4-8-14)28-21(30)19-17(11-12-18(25)29)27-24(20(19)22(28)31)15-9-5-6-10-16(15)26-23(24)32/h2-10,13,17,19-20,27H,11-12H2,1H3,(H2,25,29)(H,26,32)/t13-,17+,19-,20-,24+/m1/s1. The summed E-state index contributed by atoms with van der Waals surface area (Å²) in [7, 11) is 0. The number of anilines is 1. The molecular weight excluding hydrogens is 408 g/mol. The Labute approximate surface area is 185 Å². The van der Waals surface area contributed by atoms with E-state index in [2.05, 4.69) is 10.6 Å².